The fourth-order valence-electron chi connectivity index (χ4n) is 3.65. The lowest BCUT2D eigenvalue weighted by Crippen LogP contribution is -2.44. The van der Waals surface area contributed by atoms with E-state index in [1.165, 1.54) is 6.92 Å². The van der Waals surface area contributed by atoms with E-state index in [1.807, 2.05) is 0 Å². The number of hydrogen-bond donors (Lipinski definition) is 1. The molecule has 2 aromatic carbocycles. The standard InChI is InChI=1S/C21H18F4N2O5/c1-11-17(13-7-14(21(23,24)25)9-15(22)8-13)32-20(29)27(11)19(28)26-10-12-3-2-4-16-18(12)31-6-5-30-16/h2-4,7-9,11,17H,5-6,10H2,1H3,(H,26,28)/t11-,17-/m0/s1. The molecule has 2 aliphatic rings. The number of carbonyl (C=O) groups is 2. The number of nitrogens with zero attached hydrogens (tertiary/aromatic N) is 1. The SMILES string of the molecule is C[C@H]1[C@@H](c2cc(F)cc(C(F)(F)F)c2)OC(=O)N1C(=O)NCc1cccc2c1OCCO2. The zero-order valence-corrected chi connectivity index (χ0v) is 16.7. The number of alkyl halides is 3. The molecule has 0 saturated carbocycles. The molecule has 2 aliphatic heterocycles. The Morgan fingerprint density at radius 3 is 2.69 bits per heavy atom. The molecule has 2 aromatic rings. The minimum absolute atomic E-state index is 0.00468. The summed E-state index contributed by atoms with van der Waals surface area (Å²) < 4.78 is 69.0. The van der Waals surface area contributed by atoms with Crippen LogP contribution in [0.4, 0.5) is 27.2 Å². The summed E-state index contributed by atoms with van der Waals surface area (Å²) in [6, 6.07) is 5.26. The first-order valence-corrected chi connectivity index (χ1v) is 9.68. The predicted octanol–water partition coefficient (Wildman–Crippen LogP) is 4.41. The Hall–Kier alpha value is -3.50. The molecule has 170 valence electrons. The molecular weight excluding hydrogens is 436 g/mol. The lowest BCUT2D eigenvalue weighted by atomic mass is 10.0. The molecule has 0 radical (unpaired) electrons. The van der Waals surface area contributed by atoms with E-state index in [-0.39, 0.29) is 12.1 Å². The number of nitrogens with one attached hydrogen (secondary N) is 1. The summed E-state index contributed by atoms with van der Waals surface area (Å²) in [4.78, 5) is 25.7. The monoisotopic (exact) mass is 454 g/mol. The molecule has 0 spiro atoms. The third kappa shape index (κ3) is 4.14. The number of hydrogen-bond acceptors (Lipinski definition) is 5. The molecule has 1 fully saturated rings. The zero-order valence-electron chi connectivity index (χ0n) is 16.7. The van der Waals surface area contributed by atoms with Gasteiger partial charge in [-0.15, -0.1) is 0 Å². The van der Waals surface area contributed by atoms with Crippen LogP contribution < -0.4 is 14.8 Å². The topological polar surface area (TPSA) is 77.1 Å². The molecule has 11 heteroatoms. The van der Waals surface area contributed by atoms with Gasteiger partial charge in [0, 0.05) is 12.1 Å². The minimum Gasteiger partial charge on any atom is -0.486 e. The van der Waals surface area contributed by atoms with Crippen molar-refractivity contribution in [1.29, 1.82) is 0 Å². The van der Waals surface area contributed by atoms with Gasteiger partial charge in [-0.3, -0.25) is 0 Å². The summed E-state index contributed by atoms with van der Waals surface area (Å²) in [6.45, 7) is 2.18. The zero-order chi connectivity index (χ0) is 23.0. The molecule has 0 aromatic heterocycles. The third-order valence-electron chi connectivity index (χ3n) is 5.14. The van der Waals surface area contributed by atoms with Gasteiger partial charge in [0.2, 0.25) is 0 Å². The number of ether oxygens (including phenoxy) is 3. The highest BCUT2D eigenvalue weighted by Gasteiger charge is 2.44. The van der Waals surface area contributed by atoms with E-state index in [1.54, 1.807) is 18.2 Å². The molecule has 0 unspecified atom stereocenters. The number of imide groups is 1. The van der Waals surface area contributed by atoms with Crippen molar-refractivity contribution in [3.63, 3.8) is 0 Å². The van der Waals surface area contributed by atoms with Crippen LogP contribution >= 0.6 is 0 Å². The molecule has 0 bridgehead atoms. The summed E-state index contributed by atoms with van der Waals surface area (Å²) in [7, 11) is 0. The van der Waals surface area contributed by atoms with Crippen LogP contribution in [0.3, 0.4) is 0 Å². The first kappa shape index (κ1) is 21.7. The number of benzene rings is 2. The van der Waals surface area contributed by atoms with Crippen molar-refractivity contribution in [2.45, 2.75) is 31.8 Å². The fourth-order valence-corrected chi connectivity index (χ4v) is 3.65. The van der Waals surface area contributed by atoms with Crippen molar-refractivity contribution in [2.75, 3.05) is 13.2 Å². The van der Waals surface area contributed by atoms with Gasteiger partial charge in [0.15, 0.2) is 11.5 Å². The molecule has 2 atom stereocenters. The Bertz CT molecular complexity index is 1060. The van der Waals surface area contributed by atoms with Crippen LogP contribution in [-0.4, -0.2) is 36.3 Å². The number of rotatable bonds is 3. The Morgan fingerprint density at radius 2 is 1.94 bits per heavy atom. The third-order valence-corrected chi connectivity index (χ3v) is 5.14. The van der Waals surface area contributed by atoms with Crippen molar-refractivity contribution < 1.29 is 41.4 Å². The van der Waals surface area contributed by atoms with Gasteiger partial charge in [-0.25, -0.2) is 18.9 Å². The minimum atomic E-state index is -4.78. The fraction of sp³-hybridized carbons (Fsp3) is 0.333. The number of urea groups is 1. The van der Waals surface area contributed by atoms with Crippen LogP contribution in [-0.2, 0) is 17.5 Å². The average Bonchev–Trinajstić information content (AvgIpc) is 3.05. The van der Waals surface area contributed by atoms with Crippen LogP contribution in [0.15, 0.2) is 36.4 Å². The van der Waals surface area contributed by atoms with E-state index in [0.29, 0.717) is 42.4 Å². The van der Waals surface area contributed by atoms with E-state index in [2.05, 4.69) is 5.32 Å². The predicted molar refractivity (Wildman–Crippen MR) is 102 cm³/mol. The summed E-state index contributed by atoms with van der Waals surface area (Å²) in [5.41, 5.74) is -0.793. The Labute approximate surface area is 179 Å². The highest BCUT2D eigenvalue weighted by Crippen LogP contribution is 2.37. The van der Waals surface area contributed by atoms with E-state index < -0.39 is 41.8 Å². The molecule has 1 N–H and O–H groups in total. The first-order chi connectivity index (χ1) is 15.1. The maximum absolute atomic E-state index is 13.8. The van der Waals surface area contributed by atoms with Crippen LogP contribution in [0.5, 0.6) is 11.5 Å². The van der Waals surface area contributed by atoms with E-state index in [4.69, 9.17) is 14.2 Å². The molecule has 2 heterocycles. The summed E-state index contributed by atoms with van der Waals surface area (Å²) in [6.07, 6.45) is -7.08. The van der Waals surface area contributed by atoms with Crippen LogP contribution in [0, 0.1) is 5.82 Å². The Balaban J connectivity index is 1.49. The number of carbonyl (C=O) groups excluding carboxylic acids is 2. The molecule has 32 heavy (non-hydrogen) atoms. The van der Waals surface area contributed by atoms with Crippen molar-refractivity contribution >= 4 is 12.1 Å². The molecule has 0 aliphatic carbocycles. The second-order valence-electron chi connectivity index (χ2n) is 7.29. The van der Waals surface area contributed by atoms with Crippen molar-refractivity contribution in [1.82, 2.24) is 10.2 Å². The van der Waals surface area contributed by atoms with Gasteiger partial charge in [-0.2, -0.15) is 13.2 Å². The number of amides is 3. The summed E-state index contributed by atoms with van der Waals surface area (Å²) in [5.74, 6) is -0.117. The highest BCUT2D eigenvalue weighted by atomic mass is 19.4. The van der Waals surface area contributed by atoms with Gasteiger partial charge in [-0.1, -0.05) is 12.1 Å². The van der Waals surface area contributed by atoms with Gasteiger partial charge >= 0.3 is 18.3 Å². The van der Waals surface area contributed by atoms with Gasteiger partial charge in [0.1, 0.15) is 25.1 Å². The van der Waals surface area contributed by atoms with Crippen LogP contribution in [0.25, 0.3) is 0 Å². The van der Waals surface area contributed by atoms with Gasteiger partial charge in [0.25, 0.3) is 0 Å². The second-order valence-corrected chi connectivity index (χ2v) is 7.29. The maximum Gasteiger partial charge on any atom is 0.419 e. The molecule has 4 rings (SSSR count). The van der Waals surface area contributed by atoms with E-state index in [0.717, 1.165) is 11.0 Å². The quantitative estimate of drug-likeness (QED) is 0.696. The number of fused-ring (bicyclic) bond motifs is 1. The van der Waals surface area contributed by atoms with Crippen molar-refractivity contribution in [2.24, 2.45) is 0 Å². The lowest BCUT2D eigenvalue weighted by Gasteiger charge is -2.22. The van der Waals surface area contributed by atoms with Gasteiger partial charge < -0.3 is 19.5 Å². The normalized spacial score (nSPS) is 20.2. The van der Waals surface area contributed by atoms with Crippen LogP contribution in [0.2, 0.25) is 0 Å². The molecular formula is C21H18F4N2O5. The molecule has 3 amide bonds. The average molecular weight is 454 g/mol. The highest BCUT2D eigenvalue weighted by molar-refractivity contribution is 5.92. The van der Waals surface area contributed by atoms with E-state index in [9.17, 15) is 27.2 Å². The summed E-state index contributed by atoms with van der Waals surface area (Å²) in [5, 5.41) is 2.57. The van der Waals surface area contributed by atoms with Gasteiger partial charge in [-0.05, 0) is 36.8 Å². The Morgan fingerprint density at radius 1 is 1.19 bits per heavy atom. The number of halogens is 4. The Kier molecular flexibility index (Phi) is 5.57. The second kappa shape index (κ2) is 8.21. The molecule has 1 saturated heterocycles. The van der Waals surface area contributed by atoms with Gasteiger partial charge in [0.05, 0.1) is 11.6 Å². The van der Waals surface area contributed by atoms with E-state index >= 15 is 0 Å². The first-order valence-electron chi connectivity index (χ1n) is 9.68. The summed E-state index contributed by atoms with van der Waals surface area (Å²) >= 11 is 0. The van der Waals surface area contributed by atoms with Crippen molar-refractivity contribution in [3.05, 3.63) is 58.9 Å². The molecule has 7 nitrogen and oxygen atoms in total. The van der Waals surface area contributed by atoms with Crippen LogP contribution in [0.1, 0.15) is 29.7 Å². The van der Waals surface area contributed by atoms with Crippen molar-refractivity contribution in [3.8, 4) is 11.5 Å². The maximum atomic E-state index is 13.8. The lowest BCUT2D eigenvalue weighted by molar-refractivity contribution is -0.137. The smallest absolute Gasteiger partial charge is 0.419 e. The number of cyclic esters (lactones) is 1. The largest absolute Gasteiger partial charge is 0.486 e. The number of para-hydroxylation sites is 1.